The van der Waals surface area contributed by atoms with Crippen molar-refractivity contribution in [3.05, 3.63) is 0 Å². The van der Waals surface area contributed by atoms with Gasteiger partial charge in [-0.25, -0.2) is 5.01 Å². The van der Waals surface area contributed by atoms with Gasteiger partial charge in [0, 0.05) is 19.1 Å². The molecule has 0 amide bonds. The van der Waals surface area contributed by atoms with Crippen LogP contribution in [0.25, 0.3) is 0 Å². The first-order valence-electron chi connectivity index (χ1n) is 4.00. The van der Waals surface area contributed by atoms with E-state index in [2.05, 4.69) is 5.32 Å². The second-order valence-electron chi connectivity index (χ2n) is 2.95. The smallest absolute Gasteiger partial charge is 0.0365 e. The van der Waals surface area contributed by atoms with Crippen LogP contribution in [0.5, 0.6) is 0 Å². The molecule has 0 bridgehead atoms. The minimum absolute atomic E-state index is 0.568. The van der Waals surface area contributed by atoms with Crippen molar-refractivity contribution in [3.8, 4) is 0 Å². The van der Waals surface area contributed by atoms with E-state index in [0.29, 0.717) is 6.04 Å². The van der Waals surface area contributed by atoms with Crippen LogP contribution in [0.15, 0.2) is 0 Å². The fraction of sp³-hybridized carbons (Fsp3) is 1.00. The number of likely N-dealkylation sites (N-methyl/N-ethyl adjacent to an activating group) is 1. The van der Waals surface area contributed by atoms with Gasteiger partial charge in [0.05, 0.1) is 0 Å². The lowest BCUT2D eigenvalue weighted by molar-refractivity contribution is 0.150. The average molecular weight is 143 g/mol. The molecule has 0 aromatic carbocycles. The average Bonchev–Trinajstić information content (AvgIpc) is 1.94. The van der Waals surface area contributed by atoms with Gasteiger partial charge < -0.3 is 5.32 Å². The molecule has 10 heavy (non-hydrogen) atoms. The van der Waals surface area contributed by atoms with E-state index in [0.717, 1.165) is 13.1 Å². The molecular formula is C7H17N3. The number of hydrogen-bond donors (Lipinski definition) is 2. The lowest BCUT2D eigenvalue weighted by Gasteiger charge is -2.31. The molecule has 1 atom stereocenters. The molecule has 1 aliphatic heterocycles. The molecule has 0 spiro atoms. The maximum absolute atomic E-state index is 5.76. The SMILES string of the molecule is CNCC1CCCCN1N. The van der Waals surface area contributed by atoms with Crippen LogP contribution < -0.4 is 11.2 Å². The molecule has 1 heterocycles. The van der Waals surface area contributed by atoms with E-state index in [9.17, 15) is 0 Å². The summed E-state index contributed by atoms with van der Waals surface area (Å²) in [5.74, 6) is 5.76. The van der Waals surface area contributed by atoms with Gasteiger partial charge in [-0.1, -0.05) is 6.42 Å². The van der Waals surface area contributed by atoms with Gasteiger partial charge in [0.15, 0.2) is 0 Å². The number of nitrogens with zero attached hydrogens (tertiary/aromatic N) is 1. The zero-order valence-corrected chi connectivity index (χ0v) is 6.64. The first kappa shape index (κ1) is 7.98. The Morgan fingerprint density at radius 3 is 3.00 bits per heavy atom. The molecule has 0 aliphatic carbocycles. The number of hydrogen-bond acceptors (Lipinski definition) is 3. The summed E-state index contributed by atoms with van der Waals surface area (Å²) in [4.78, 5) is 0. The van der Waals surface area contributed by atoms with Crippen molar-refractivity contribution in [2.75, 3.05) is 20.1 Å². The van der Waals surface area contributed by atoms with Gasteiger partial charge in [-0.05, 0) is 19.9 Å². The molecule has 3 N–H and O–H groups in total. The standard InChI is InChI=1S/C7H17N3/c1-9-6-7-4-2-3-5-10(7)8/h7,9H,2-6,8H2,1H3. The van der Waals surface area contributed by atoms with Gasteiger partial charge in [-0.2, -0.15) is 0 Å². The second kappa shape index (κ2) is 3.91. The third kappa shape index (κ3) is 1.94. The zero-order chi connectivity index (χ0) is 7.40. The molecule has 1 fully saturated rings. The first-order valence-corrected chi connectivity index (χ1v) is 4.00. The number of rotatable bonds is 2. The molecule has 1 saturated heterocycles. The maximum Gasteiger partial charge on any atom is 0.0365 e. The molecule has 0 saturated carbocycles. The highest BCUT2D eigenvalue weighted by atomic mass is 15.4. The molecule has 60 valence electrons. The minimum atomic E-state index is 0.568. The normalized spacial score (nSPS) is 28.8. The highest BCUT2D eigenvalue weighted by Crippen LogP contribution is 2.11. The molecule has 0 aromatic rings. The molecule has 1 rings (SSSR count). The fourth-order valence-electron chi connectivity index (χ4n) is 1.48. The van der Waals surface area contributed by atoms with E-state index >= 15 is 0 Å². The van der Waals surface area contributed by atoms with Crippen molar-refractivity contribution in [3.63, 3.8) is 0 Å². The van der Waals surface area contributed by atoms with Crippen LogP contribution in [-0.2, 0) is 0 Å². The Labute approximate surface area is 62.5 Å². The Morgan fingerprint density at radius 2 is 2.40 bits per heavy atom. The molecule has 1 aliphatic rings. The van der Waals surface area contributed by atoms with E-state index in [1.54, 1.807) is 0 Å². The predicted octanol–water partition coefficient (Wildman–Crippen LogP) is -0.0660. The Kier molecular flexibility index (Phi) is 3.12. The third-order valence-electron chi connectivity index (χ3n) is 2.11. The van der Waals surface area contributed by atoms with Crippen molar-refractivity contribution in [1.29, 1.82) is 0 Å². The van der Waals surface area contributed by atoms with Crippen molar-refractivity contribution in [2.24, 2.45) is 5.84 Å². The summed E-state index contributed by atoms with van der Waals surface area (Å²) in [6, 6.07) is 0.568. The van der Waals surface area contributed by atoms with Crippen molar-refractivity contribution in [2.45, 2.75) is 25.3 Å². The molecule has 0 radical (unpaired) electrons. The minimum Gasteiger partial charge on any atom is -0.318 e. The second-order valence-corrected chi connectivity index (χ2v) is 2.95. The summed E-state index contributed by atoms with van der Waals surface area (Å²) >= 11 is 0. The maximum atomic E-state index is 5.76. The van der Waals surface area contributed by atoms with Crippen LogP contribution in [0.4, 0.5) is 0 Å². The Balaban J connectivity index is 2.25. The van der Waals surface area contributed by atoms with Gasteiger partial charge >= 0.3 is 0 Å². The van der Waals surface area contributed by atoms with Crippen LogP contribution >= 0.6 is 0 Å². The monoisotopic (exact) mass is 143 g/mol. The Hall–Kier alpha value is -0.120. The Morgan fingerprint density at radius 1 is 1.60 bits per heavy atom. The highest BCUT2D eigenvalue weighted by molar-refractivity contribution is 4.73. The van der Waals surface area contributed by atoms with E-state index in [-0.39, 0.29) is 0 Å². The molecule has 3 heteroatoms. The van der Waals surface area contributed by atoms with E-state index < -0.39 is 0 Å². The number of nitrogens with one attached hydrogen (secondary N) is 1. The number of hydrazine groups is 1. The van der Waals surface area contributed by atoms with Crippen LogP contribution in [0.3, 0.4) is 0 Å². The van der Waals surface area contributed by atoms with Crippen molar-refractivity contribution >= 4 is 0 Å². The third-order valence-corrected chi connectivity index (χ3v) is 2.11. The summed E-state index contributed by atoms with van der Waals surface area (Å²) in [6.45, 7) is 2.09. The van der Waals surface area contributed by atoms with Crippen LogP contribution in [0, 0.1) is 0 Å². The van der Waals surface area contributed by atoms with E-state index in [1.165, 1.54) is 19.3 Å². The summed E-state index contributed by atoms with van der Waals surface area (Å²) < 4.78 is 0. The summed E-state index contributed by atoms with van der Waals surface area (Å²) in [6.07, 6.45) is 3.84. The summed E-state index contributed by atoms with van der Waals surface area (Å²) in [5, 5.41) is 5.10. The van der Waals surface area contributed by atoms with Crippen LogP contribution in [0.1, 0.15) is 19.3 Å². The van der Waals surface area contributed by atoms with Gasteiger partial charge in [0.1, 0.15) is 0 Å². The topological polar surface area (TPSA) is 41.3 Å². The quantitative estimate of drug-likeness (QED) is 0.532. The molecule has 3 nitrogen and oxygen atoms in total. The van der Waals surface area contributed by atoms with Crippen LogP contribution in [0.2, 0.25) is 0 Å². The van der Waals surface area contributed by atoms with Gasteiger partial charge in [0.2, 0.25) is 0 Å². The van der Waals surface area contributed by atoms with Gasteiger partial charge in [0.25, 0.3) is 0 Å². The first-order chi connectivity index (χ1) is 4.84. The molecule has 1 unspecified atom stereocenters. The zero-order valence-electron chi connectivity index (χ0n) is 6.64. The molecular weight excluding hydrogens is 126 g/mol. The van der Waals surface area contributed by atoms with Gasteiger partial charge in [-0.15, -0.1) is 0 Å². The van der Waals surface area contributed by atoms with Crippen LogP contribution in [-0.4, -0.2) is 31.2 Å². The lowest BCUT2D eigenvalue weighted by atomic mass is 10.0. The Bertz CT molecular complexity index is 92.9. The summed E-state index contributed by atoms with van der Waals surface area (Å²) in [5.41, 5.74) is 0. The van der Waals surface area contributed by atoms with E-state index in [1.807, 2.05) is 12.1 Å². The van der Waals surface area contributed by atoms with Gasteiger partial charge in [-0.3, -0.25) is 5.84 Å². The number of nitrogens with two attached hydrogens (primary N) is 1. The summed E-state index contributed by atoms with van der Waals surface area (Å²) in [7, 11) is 1.97. The van der Waals surface area contributed by atoms with Crippen molar-refractivity contribution in [1.82, 2.24) is 10.3 Å². The van der Waals surface area contributed by atoms with E-state index in [4.69, 9.17) is 5.84 Å². The number of piperidine rings is 1. The molecule has 0 aromatic heterocycles. The highest BCUT2D eigenvalue weighted by Gasteiger charge is 2.17. The predicted molar refractivity (Wildman–Crippen MR) is 42.5 cm³/mol. The lowest BCUT2D eigenvalue weighted by Crippen LogP contribution is -2.48. The fourth-order valence-corrected chi connectivity index (χ4v) is 1.48. The largest absolute Gasteiger partial charge is 0.318 e. The van der Waals surface area contributed by atoms with Crippen molar-refractivity contribution < 1.29 is 0 Å².